The van der Waals surface area contributed by atoms with Gasteiger partial charge in [-0.1, -0.05) is 81.4 Å². The van der Waals surface area contributed by atoms with E-state index >= 15 is 0 Å². The van der Waals surface area contributed by atoms with Gasteiger partial charge in [0.1, 0.15) is 24.5 Å². The van der Waals surface area contributed by atoms with Gasteiger partial charge in [-0.25, -0.2) is 4.79 Å². The highest BCUT2D eigenvalue weighted by molar-refractivity contribution is 6.74. The van der Waals surface area contributed by atoms with E-state index in [1.54, 1.807) is 19.0 Å². The maximum atomic E-state index is 14.9. The van der Waals surface area contributed by atoms with Crippen LogP contribution in [0.5, 0.6) is 5.88 Å². The van der Waals surface area contributed by atoms with Crippen LogP contribution >= 0.6 is 0 Å². The van der Waals surface area contributed by atoms with Gasteiger partial charge in [-0.2, -0.15) is 0 Å². The Morgan fingerprint density at radius 1 is 1.00 bits per heavy atom. The average Bonchev–Trinajstić information content (AvgIpc) is 3.41. The molecule has 2 aliphatic rings. The fourth-order valence-electron chi connectivity index (χ4n) is 5.55. The summed E-state index contributed by atoms with van der Waals surface area (Å²) in [4.78, 5) is 44.0. The second-order valence-electron chi connectivity index (χ2n) is 13.2. The molecule has 0 saturated heterocycles. The van der Waals surface area contributed by atoms with Gasteiger partial charge in [0.2, 0.25) is 5.78 Å². The molecule has 0 bridgehead atoms. The summed E-state index contributed by atoms with van der Waals surface area (Å²) in [7, 11) is 0.754. The van der Waals surface area contributed by atoms with Gasteiger partial charge in [0.05, 0.1) is 12.0 Å². The summed E-state index contributed by atoms with van der Waals surface area (Å²) in [5, 5.41) is 3.79. The molecule has 238 valence electrons. The third kappa shape index (κ3) is 6.12. The molecule has 1 heterocycles. The lowest BCUT2D eigenvalue weighted by Crippen LogP contribution is -2.66. The second kappa shape index (κ2) is 12.4. The summed E-state index contributed by atoms with van der Waals surface area (Å²) in [6, 6.07) is 17.9. The molecule has 10 nitrogen and oxygen atoms in total. The number of fused-ring (bicyclic) bond motifs is 2. The average molecular weight is 633 g/mol. The van der Waals surface area contributed by atoms with Gasteiger partial charge in [-0.3, -0.25) is 14.5 Å². The smallest absolute Gasteiger partial charge is 0.470 e. The SMILES string of the molecule is CN(C)[C@@H]1c2onc(OCc3ccccc3)c2C(=O)[C@@]2(O[Si](C)(C)C(C)(C)C)C(=O)CC=C(OC(=O)OCc3ccccc3)[C@@H]12. The van der Waals surface area contributed by atoms with Crippen molar-refractivity contribution >= 4 is 26.0 Å². The van der Waals surface area contributed by atoms with Crippen LogP contribution in [0, 0.1) is 5.92 Å². The van der Waals surface area contributed by atoms with E-state index in [4.69, 9.17) is 23.2 Å². The first-order valence-electron chi connectivity index (χ1n) is 15.0. The van der Waals surface area contributed by atoms with Crippen LogP contribution in [0.2, 0.25) is 18.1 Å². The van der Waals surface area contributed by atoms with Crippen LogP contribution in [0.25, 0.3) is 0 Å². The number of ketones is 2. The maximum absolute atomic E-state index is 14.9. The number of rotatable bonds is 9. The Hall–Kier alpha value is -4.06. The Balaban J connectivity index is 1.58. The molecular weight excluding hydrogens is 592 g/mol. The molecule has 0 spiro atoms. The zero-order valence-electron chi connectivity index (χ0n) is 26.8. The number of ether oxygens (including phenoxy) is 3. The molecule has 0 aliphatic heterocycles. The lowest BCUT2D eigenvalue weighted by Gasteiger charge is -2.52. The van der Waals surface area contributed by atoms with Crippen molar-refractivity contribution in [1.29, 1.82) is 0 Å². The van der Waals surface area contributed by atoms with Gasteiger partial charge in [0.15, 0.2) is 25.5 Å². The number of hydrogen-bond acceptors (Lipinski definition) is 10. The maximum Gasteiger partial charge on any atom is 0.513 e. The summed E-state index contributed by atoms with van der Waals surface area (Å²) >= 11 is 0. The quantitative estimate of drug-likeness (QED) is 0.144. The fraction of sp³-hybridized carbons (Fsp3) is 0.412. The summed E-state index contributed by atoms with van der Waals surface area (Å²) in [6.07, 6.45) is 0.391. The normalized spacial score (nSPS) is 21.6. The van der Waals surface area contributed by atoms with Crippen LogP contribution < -0.4 is 4.74 Å². The van der Waals surface area contributed by atoms with E-state index in [1.807, 2.05) is 94.5 Å². The highest BCUT2D eigenvalue weighted by Gasteiger charge is 2.67. The van der Waals surface area contributed by atoms with Gasteiger partial charge in [-0.05, 0) is 54.6 Å². The van der Waals surface area contributed by atoms with Crippen molar-refractivity contribution in [2.45, 2.75) is 70.2 Å². The summed E-state index contributed by atoms with van der Waals surface area (Å²) in [5.74, 6) is -1.83. The Kier molecular flexibility index (Phi) is 8.89. The van der Waals surface area contributed by atoms with E-state index in [0.717, 1.165) is 11.1 Å². The molecule has 11 heteroatoms. The van der Waals surface area contributed by atoms with Crippen molar-refractivity contribution in [3.8, 4) is 5.88 Å². The Morgan fingerprint density at radius 3 is 2.18 bits per heavy atom. The number of Topliss-reactive ketones (excluding diaryl/α,β-unsaturated/α-hetero) is 2. The molecule has 0 unspecified atom stereocenters. The van der Waals surface area contributed by atoms with Crippen molar-refractivity contribution in [2.75, 3.05) is 14.1 Å². The molecule has 45 heavy (non-hydrogen) atoms. The van der Waals surface area contributed by atoms with Crippen LogP contribution in [0.15, 0.2) is 77.0 Å². The molecule has 0 amide bonds. The summed E-state index contributed by atoms with van der Waals surface area (Å²) in [5.41, 5.74) is -0.314. The zero-order chi connectivity index (χ0) is 32.6. The topological polar surface area (TPSA) is 117 Å². The van der Waals surface area contributed by atoms with Crippen molar-refractivity contribution in [1.82, 2.24) is 10.1 Å². The van der Waals surface area contributed by atoms with E-state index in [-0.39, 0.29) is 47.6 Å². The Labute approximate surface area is 264 Å². The third-order valence-electron chi connectivity index (χ3n) is 8.88. The molecule has 5 rings (SSSR count). The van der Waals surface area contributed by atoms with Crippen molar-refractivity contribution in [2.24, 2.45) is 5.92 Å². The highest BCUT2D eigenvalue weighted by Crippen LogP contribution is 2.55. The summed E-state index contributed by atoms with van der Waals surface area (Å²) in [6.45, 7) is 10.2. The van der Waals surface area contributed by atoms with Gasteiger partial charge in [0, 0.05) is 6.42 Å². The minimum absolute atomic E-state index is 0.00737. The predicted octanol–water partition coefficient (Wildman–Crippen LogP) is 6.64. The molecular formula is C34H40N2O8Si. The van der Waals surface area contributed by atoms with Crippen molar-refractivity contribution in [3.63, 3.8) is 0 Å². The van der Waals surface area contributed by atoms with Crippen LogP contribution in [-0.4, -0.2) is 55.8 Å². The Morgan fingerprint density at radius 2 is 1.60 bits per heavy atom. The monoisotopic (exact) mass is 632 g/mol. The van der Waals surface area contributed by atoms with E-state index in [0.29, 0.717) is 0 Å². The molecule has 2 aliphatic carbocycles. The van der Waals surface area contributed by atoms with Gasteiger partial charge >= 0.3 is 6.16 Å². The number of carbonyl (C=O) groups is 3. The van der Waals surface area contributed by atoms with Gasteiger partial charge < -0.3 is 23.2 Å². The van der Waals surface area contributed by atoms with Crippen molar-refractivity contribution < 1.29 is 37.5 Å². The van der Waals surface area contributed by atoms with Crippen LogP contribution in [0.4, 0.5) is 4.79 Å². The van der Waals surface area contributed by atoms with Gasteiger partial charge in [-0.15, -0.1) is 0 Å². The number of carbonyl (C=O) groups excluding carboxylic acids is 3. The number of benzene rings is 2. The van der Waals surface area contributed by atoms with E-state index in [9.17, 15) is 14.4 Å². The van der Waals surface area contributed by atoms with E-state index in [2.05, 4.69) is 5.16 Å². The largest absolute Gasteiger partial charge is 0.513 e. The predicted molar refractivity (Wildman–Crippen MR) is 168 cm³/mol. The number of hydrogen-bond donors (Lipinski definition) is 0. The minimum atomic E-state index is -2.83. The van der Waals surface area contributed by atoms with Crippen LogP contribution in [-0.2, 0) is 31.9 Å². The number of nitrogens with zero attached hydrogens (tertiary/aromatic N) is 2. The third-order valence-corrected chi connectivity index (χ3v) is 13.3. The lowest BCUT2D eigenvalue weighted by atomic mass is 9.65. The number of allylic oxidation sites excluding steroid dienone is 1. The van der Waals surface area contributed by atoms with E-state index in [1.165, 1.54) is 6.08 Å². The fourth-order valence-corrected chi connectivity index (χ4v) is 7.00. The van der Waals surface area contributed by atoms with Gasteiger partial charge in [0.25, 0.3) is 5.88 Å². The molecule has 0 N–H and O–H groups in total. The molecule has 3 atom stereocenters. The minimum Gasteiger partial charge on any atom is -0.470 e. The first kappa shape index (κ1) is 32.3. The first-order chi connectivity index (χ1) is 21.3. The number of aromatic nitrogens is 1. The first-order valence-corrected chi connectivity index (χ1v) is 17.9. The zero-order valence-corrected chi connectivity index (χ0v) is 27.8. The summed E-state index contributed by atoms with van der Waals surface area (Å²) < 4.78 is 30.0. The van der Waals surface area contributed by atoms with Crippen LogP contribution in [0.1, 0.15) is 60.5 Å². The molecule has 3 aromatic rings. The van der Waals surface area contributed by atoms with Crippen LogP contribution in [0.3, 0.4) is 0 Å². The Bertz CT molecular complexity index is 1590. The molecule has 1 aromatic heterocycles. The molecule has 0 radical (unpaired) electrons. The molecule has 0 fully saturated rings. The van der Waals surface area contributed by atoms with E-state index < -0.39 is 43.6 Å². The standard InChI is InChI=1S/C34H40N2O8Si/c1-33(2,3)45(6,7)44-34-25(37)19-18-24(42-32(39)41-21-23-16-12-9-13-17-23)27(34)28(36(4)5)29-26(30(34)38)31(35-43-29)40-20-22-14-10-8-11-15-22/h8-18,27-28H,19-21H2,1-7H3/t27-,28-,34+/m0/s1. The van der Waals surface area contributed by atoms with Crippen molar-refractivity contribution in [3.05, 3.63) is 94.9 Å². The molecule has 2 aromatic carbocycles. The lowest BCUT2D eigenvalue weighted by molar-refractivity contribution is -0.140. The second-order valence-corrected chi connectivity index (χ2v) is 17.9. The highest BCUT2D eigenvalue weighted by atomic mass is 28.4. The molecule has 0 saturated carbocycles.